The van der Waals surface area contributed by atoms with E-state index < -0.39 is 0 Å². The third kappa shape index (κ3) is 2.54. The normalized spacial score (nSPS) is 15.8. The van der Waals surface area contributed by atoms with Crippen LogP contribution in [0, 0.1) is 5.92 Å². The van der Waals surface area contributed by atoms with E-state index in [2.05, 4.69) is 9.36 Å². The lowest BCUT2D eigenvalue weighted by Crippen LogP contribution is -2.02. The van der Waals surface area contributed by atoms with Gasteiger partial charge in [0.1, 0.15) is 11.6 Å². The van der Waals surface area contributed by atoms with Gasteiger partial charge < -0.3 is 0 Å². The maximum absolute atomic E-state index is 11.4. The van der Waals surface area contributed by atoms with E-state index in [1.165, 1.54) is 23.3 Å². The van der Waals surface area contributed by atoms with Crippen molar-refractivity contribution >= 4 is 29.1 Å². The molecule has 1 fully saturated rings. The summed E-state index contributed by atoms with van der Waals surface area (Å²) in [5.41, 5.74) is 0. The fraction of sp³-hybridized carbons (Fsp3) is 0.667. The Morgan fingerprint density at radius 2 is 2.43 bits per heavy atom. The zero-order chi connectivity index (χ0) is 9.97. The number of aryl methyl sites for hydroxylation is 1. The first kappa shape index (κ1) is 10.1. The molecule has 1 aliphatic carbocycles. The first-order valence-corrected chi connectivity index (χ1v) is 6.53. The molecule has 1 heterocycles. The summed E-state index contributed by atoms with van der Waals surface area (Å²) in [7, 11) is 0. The smallest absolute Gasteiger partial charge is 0.170 e. The Hall–Kier alpha value is -0.420. The predicted octanol–water partition coefficient (Wildman–Crippen LogP) is 2.17. The number of aromatic nitrogens is 2. The van der Waals surface area contributed by atoms with Crippen LogP contribution in [0.25, 0.3) is 0 Å². The van der Waals surface area contributed by atoms with E-state index in [1.807, 2.05) is 6.92 Å². The monoisotopic (exact) mass is 228 g/mol. The minimum atomic E-state index is 0.362. The molecular formula is C9H12N2OS2. The number of rotatable bonds is 5. The number of hydrogen-bond donors (Lipinski definition) is 0. The molecule has 0 amide bonds. The van der Waals surface area contributed by atoms with Gasteiger partial charge in [0, 0.05) is 12.3 Å². The van der Waals surface area contributed by atoms with Crippen molar-refractivity contribution in [1.29, 1.82) is 0 Å². The van der Waals surface area contributed by atoms with Crippen LogP contribution >= 0.6 is 23.3 Å². The van der Waals surface area contributed by atoms with Gasteiger partial charge in [-0.1, -0.05) is 18.7 Å². The fourth-order valence-corrected chi connectivity index (χ4v) is 2.77. The third-order valence-electron chi connectivity index (χ3n) is 2.14. The van der Waals surface area contributed by atoms with Crippen LogP contribution in [0.1, 0.15) is 25.6 Å². The molecule has 5 heteroatoms. The summed E-state index contributed by atoms with van der Waals surface area (Å²) in [5.74, 6) is 2.20. The Balaban J connectivity index is 1.81. The van der Waals surface area contributed by atoms with Gasteiger partial charge >= 0.3 is 0 Å². The highest BCUT2D eigenvalue weighted by atomic mass is 32.2. The summed E-state index contributed by atoms with van der Waals surface area (Å²) in [6.07, 6.45) is 3.05. The van der Waals surface area contributed by atoms with Crippen LogP contribution in [-0.2, 0) is 11.2 Å². The van der Waals surface area contributed by atoms with Crippen molar-refractivity contribution in [2.75, 3.05) is 5.75 Å². The Morgan fingerprint density at radius 3 is 3.00 bits per heavy atom. The molecule has 0 spiro atoms. The molecule has 0 aliphatic heterocycles. The second-order valence-corrected chi connectivity index (χ2v) is 5.33. The quantitative estimate of drug-likeness (QED) is 0.724. The number of carbonyl (C=O) groups is 1. The summed E-state index contributed by atoms with van der Waals surface area (Å²) in [5, 5.41) is 0. The van der Waals surface area contributed by atoms with Crippen molar-refractivity contribution in [3.8, 4) is 0 Å². The van der Waals surface area contributed by atoms with Gasteiger partial charge in [0.2, 0.25) is 0 Å². The number of nitrogens with zero attached hydrogens (tertiary/aromatic N) is 2. The van der Waals surface area contributed by atoms with E-state index in [9.17, 15) is 4.79 Å². The van der Waals surface area contributed by atoms with E-state index in [-0.39, 0.29) is 0 Å². The van der Waals surface area contributed by atoms with E-state index >= 15 is 0 Å². The van der Waals surface area contributed by atoms with Gasteiger partial charge in [-0.25, -0.2) is 4.98 Å². The Labute approximate surface area is 91.5 Å². The summed E-state index contributed by atoms with van der Waals surface area (Å²) >= 11 is 2.93. The molecule has 3 nitrogen and oxygen atoms in total. The van der Waals surface area contributed by atoms with Crippen LogP contribution in [0.4, 0.5) is 0 Å². The molecule has 0 bridgehead atoms. The average molecular weight is 228 g/mol. The van der Waals surface area contributed by atoms with Gasteiger partial charge in [-0.3, -0.25) is 4.79 Å². The molecular weight excluding hydrogens is 216 g/mol. The van der Waals surface area contributed by atoms with Crippen molar-refractivity contribution in [3.63, 3.8) is 0 Å². The standard InChI is InChI=1S/C9H12N2OS2/c1-2-8-10-9(14-11-8)13-5-7(12)6-3-4-6/h6H,2-5H2,1H3. The molecule has 0 aromatic carbocycles. The number of thioether (sulfide) groups is 1. The van der Waals surface area contributed by atoms with E-state index in [1.54, 1.807) is 0 Å². The average Bonchev–Trinajstić information content (AvgIpc) is 2.94. The lowest BCUT2D eigenvalue weighted by Gasteiger charge is -1.93. The molecule has 1 aromatic heterocycles. The van der Waals surface area contributed by atoms with Gasteiger partial charge in [-0.2, -0.15) is 4.37 Å². The number of hydrogen-bond acceptors (Lipinski definition) is 5. The predicted molar refractivity (Wildman–Crippen MR) is 57.7 cm³/mol. The second kappa shape index (κ2) is 4.40. The van der Waals surface area contributed by atoms with Crippen molar-refractivity contribution < 1.29 is 4.79 Å². The summed E-state index contributed by atoms with van der Waals surface area (Å²) in [4.78, 5) is 15.7. The second-order valence-electron chi connectivity index (χ2n) is 3.36. The minimum absolute atomic E-state index is 0.362. The molecule has 14 heavy (non-hydrogen) atoms. The van der Waals surface area contributed by atoms with Gasteiger partial charge in [-0.15, -0.1) is 0 Å². The number of Topliss-reactive ketones (excluding diaryl/α,β-unsaturated/α-hetero) is 1. The lowest BCUT2D eigenvalue weighted by molar-refractivity contribution is -0.117. The maximum Gasteiger partial charge on any atom is 0.170 e. The first-order valence-electron chi connectivity index (χ1n) is 4.77. The molecule has 1 saturated carbocycles. The topological polar surface area (TPSA) is 42.9 Å². The van der Waals surface area contributed by atoms with Crippen LogP contribution in [0.15, 0.2) is 4.34 Å². The molecule has 1 aromatic rings. The van der Waals surface area contributed by atoms with Gasteiger partial charge in [0.05, 0.1) is 5.75 Å². The van der Waals surface area contributed by atoms with Crippen molar-refractivity contribution in [2.45, 2.75) is 30.5 Å². The van der Waals surface area contributed by atoms with Crippen LogP contribution in [0.2, 0.25) is 0 Å². The zero-order valence-electron chi connectivity index (χ0n) is 8.02. The van der Waals surface area contributed by atoms with Crippen LogP contribution < -0.4 is 0 Å². The van der Waals surface area contributed by atoms with Gasteiger partial charge in [-0.05, 0) is 24.4 Å². The molecule has 76 valence electrons. The first-order chi connectivity index (χ1) is 6.79. The minimum Gasteiger partial charge on any atom is -0.298 e. The van der Waals surface area contributed by atoms with Crippen molar-refractivity contribution in [2.24, 2.45) is 5.92 Å². The largest absolute Gasteiger partial charge is 0.298 e. The fourth-order valence-electron chi connectivity index (χ4n) is 1.10. The molecule has 0 N–H and O–H groups in total. The highest BCUT2D eigenvalue weighted by Crippen LogP contribution is 2.32. The van der Waals surface area contributed by atoms with E-state index in [4.69, 9.17) is 0 Å². The Morgan fingerprint density at radius 1 is 1.64 bits per heavy atom. The molecule has 0 unspecified atom stereocenters. The summed E-state index contributed by atoms with van der Waals surface area (Å²) < 4.78 is 5.10. The summed E-state index contributed by atoms with van der Waals surface area (Å²) in [6, 6.07) is 0. The third-order valence-corrected chi connectivity index (χ3v) is 4.03. The Kier molecular flexibility index (Phi) is 3.18. The maximum atomic E-state index is 11.4. The van der Waals surface area contributed by atoms with E-state index in [0.29, 0.717) is 17.5 Å². The van der Waals surface area contributed by atoms with Crippen LogP contribution in [0.3, 0.4) is 0 Å². The molecule has 0 radical (unpaired) electrons. The van der Waals surface area contributed by atoms with Crippen molar-refractivity contribution in [3.05, 3.63) is 5.82 Å². The highest BCUT2D eigenvalue weighted by molar-refractivity contribution is 8.01. The number of ketones is 1. The Bertz CT molecular complexity index is 333. The van der Waals surface area contributed by atoms with Crippen LogP contribution in [-0.4, -0.2) is 20.9 Å². The summed E-state index contributed by atoms with van der Waals surface area (Å²) in [6.45, 7) is 2.03. The van der Waals surface area contributed by atoms with Gasteiger partial charge in [0.15, 0.2) is 4.34 Å². The molecule has 0 saturated heterocycles. The lowest BCUT2D eigenvalue weighted by atomic mass is 10.3. The van der Waals surface area contributed by atoms with Gasteiger partial charge in [0.25, 0.3) is 0 Å². The number of carbonyl (C=O) groups excluding carboxylic acids is 1. The van der Waals surface area contributed by atoms with E-state index in [0.717, 1.165) is 29.4 Å². The van der Waals surface area contributed by atoms with Crippen molar-refractivity contribution in [1.82, 2.24) is 9.36 Å². The highest BCUT2D eigenvalue weighted by Gasteiger charge is 2.29. The van der Waals surface area contributed by atoms with Crippen LogP contribution in [0.5, 0.6) is 0 Å². The molecule has 1 aliphatic rings. The SMILES string of the molecule is CCc1nsc(SCC(=O)C2CC2)n1. The zero-order valence-corrected chi connectivity index (χ0v) is 9.66. The molecule has 0 atom stereocenters. The molecule has 2 rings (SSSR count).